The van der Waals surface area contributed by atoms with Crippen LogP contribution in [0, 0.1) is 5.41 Å². The molecule has 0 fully saturated rings. The summed E-state index contributed by atoms with van der Waals surface area (Å²) in [6.07, 6.45) is 0. The molecule has 0 spiro atoms. The zero-order valence-electron chi connectivity index (χ0n) is 15.2. The second-order valence-corrected chi connectivity index (χ2v) is 6.01. The van der Waals surface area contributed by atoms with Crippen LogP contribution in [0.4, 0.5) is 0 Å². The van der Waals surface area contributed by atoms with Gasteiger partial charge in [-0.25, -0.2) is 0 Å². The van der Waals surface area contributed by atoms with Gasteiger partial charge in [0.15, 0.2) is 5.78 Å². The van der Waals surface area contributed by atoms with E-state index in [1.54, 1.807) is 36.2 Å². The lowest BCUT2D eigenvalue weighted by Gasteiger charge is -2.16. The van der Waals surface area contributed by atoms with E-state index in [9.17, 15) is 9.59 Å². The summed E-state index contributed by atoms with van der Waals surface area (Å²) >= 11 is 0. The van der Waals surface area contributed by atoms with Crippen LogP contribution in [0.1, 0.15) is 38.8 Å². The van der Waals surface area contributed by atoms with Crippen molar-refractivity contribution in [2.45, 2.75) is 13.5 Å². The largest absolute Gasteiger partial charge is 0.493 e. The molecule has 0 aliphatic carbocycles. The first kappa shape index (κ1) is 20.6. The molecule has 6 nitrogen and oxygen atoms in total. The Balaban J connectivity index is 0.00000261. The lowest BCUT2D eigenvalue weighted by Crippen LogP contribution is -2.30. The van der Waals surface area contributed by atoms with Gasteiger partial charge < -0.3 is 15.0 Å². The molecule has 1 aliphatic heterocycles. The second kappa shape index (κ2) is 8.81. The minimum atomic E-state index is -0.261. The van der Waals surface area contributed by atoms with Gasteiger partial charge in [0.1, 0.15) is 11.6 Å². The van der Waals surface area contributed by atoms with Gasteiger partial charge in [-0.05, 0) is 24.6 Å². The number of carbonyl (C=O) groups is 2. The number of nitrogens with one attached hydrogen (secondary N) is 2. The molecule has 0 radical (unpaired) electrons. The summed E-state index contributed by atoms with van der Waals surface area (Å²) in [6, 6.07) is 12.5. The van der Waals surface area contributed by atoms with Crippen LogP contribution in [0.15, 0.2) is 42.5 Å². The van der Waals surface area contributed by atoms with Gasteiger partial charge in [-0.3, -0.25) is 15.0 Å². The number of fused-ring (bicyclic) bond motifs is 1. The van der Waals surface area contributed by atoms with Gasteiger partial charge in [0.2, 0.25) is 0 Å². The highest BCUT2D eigenvalue weighted by Gasteiger charge is 2.29. The third-order valence-corrected chi connectivity index (χ3v) is 4.34. The van der Waals surface area contributed by atoms with Crippen molar-refractivity contribution < 1.29 is 14.3 Å². The number of rotatable bonds is 6. The van der Waals surface area contributed by atoms with E-state index in [0.717, 1.165) is 5.56 Å². The third-order valence-electron chi connectivity index (χ3n) is 4.34. The van der Waals surface area contributed by atoms with Gasteiger partial charge in [0, 0.05) is 24.7 Å². The van der Waals surface area contributed by atoms with E-state index in [1.165, 1.54) is 0 Å². The average Bonchev–Trinajstić information content (AvgIpc) is 2.96. The third kappa shape index (κ3) is 4.19. The molecule has 0 bridgehead atoms. The molecule has 7 heteroatoms. The minimum absolute atomic E-state index is 0. The molecule has 0 atom stereocenters. The monoisotopic (exact) mass is 431 g/mol. The van der Waals surface area contributed by atoms with Crippen LogP contribution < -0.4 is 10.1 Å². The summed E-state index contributed by atoms with van der Waals surface area (Å²) in [5, 5.41) is 11.0. The molecule has 1 heterocycles. The van der Waals surface area contributed by atoms with E-state index in [2.05, 4.69) is 5.32 Å². The summed E-state index contributed by atoms with van der Waals surface area (Å²) in [7, 11) is 1.56. The summed E-state index contributed by atoms with van der Waals surface area (Å²) in [6.45, 7) is 2.86. The number of amides is 1. The molecule has 27 heavy (non-hydrogen) atoms. The molecule has 2 aromatic carbocycles. The van der Waals surface area contributed by atoms with E-state index in [0.29, 0.717) is 35.6 Å². The Bertz CT molecular complexity index is 868. The van der Waals surface area contributed by atoms with Crippen LogP contribution in [0.5, 0.6) is 5.75 Å². The molecule has 0 unspecified atom stereocenters. The van der Waals surface area contributed by atoms with Crippen LogP contribution in [0.3, 0.4) is 0 Å². The fourth-order valence-corrected chi connectivity index (χ4v) is 3.04. The Hall–Kier alpha value is -2.67. The quantitative estimate of drug-likeness (QED) is 0.688. The molecule has 1 aliphatic rings. The van der Waals surface area contributed by atoms with E-state index in [-0.39, 0.29) is 41.1 Å². The average molecular weight is 432 g/mol. The standard InChI is InChI=1S/C20H21N3O3.BrH/c1-3-26-18-9-14-11-23(12-17(24)13-7-5-4-6-8-13)19(21)15(14)10-16(18)20(25)22-2;/h4-10,21H,3,11-12H2,1-2H3,(H,22,25);1H. The van der Waals surface area contributed by atoms with E-state index < -0.39 is 0 Å². The van der Waals surface area contributed by atoms with Crippen LogP contribution in [-0.4, -0.2) is 42.6 Å². The van der Waals surface area contributed by atoms with Crippen LogP contribution in [0.25, 0.3) is 0 Å². The highest BCUT2D eigenvalue weighted by molar-refractivity contribution is 8.93. The number of halogens is 1. The number of hydrogen-bond acceptors (Lipinski definition) is 4. The van der Waals surface area contributed by atoms with Gasteiger partial charge >= 0.3 is 0 Å². The lowest BCUT2D eigenvalue weighted by molar-refractivity contribution is 0.0953. The second-order valence-electron chi connectivity index (χ2n) is 6.01. The first-order valence-electron chi connectivity index (χ1n) is 8.49. The number of amidine groups is 1. The predicted octanol–water partition coefficient (Wildman–Crippen LogP) is 3.05. The number of ether oxygens (including phenoxy) is 1. The van der Waals surface area contributed by atoms with Gasteiger partial charge in [-0.1, -0.05) is 30.3 Å². The Labute approximate surface area is 168 Å². The van der Waals surface area contributed by atoms with Crippen molar-refractivity contribution in [3.8, 4) is 5.75 Å². The number of benzene rings is 2. The first-order chi connectivity index (χ1) is 12.5. The predicted molar refractivity (Wildman–Crippen MR) is 109 cm³/mol. The van der Waals surface area contributed by atoms with Crippen molar-refractivity contribution in [1.82, 2.24) is 10.2 Å². The Morgan fingerprint density at radius 2 is 1.93 bits per heavy atom. The Kier molecular flexibility index (Phi) is 6.74. The normalized spacial score (nSPS) is 12.2. The molecule has 1 amide bonds. The fraction of sp³-hybridized carbons (Fsp3) is 0.250. The van der Waals surface area contributed by atoms with Crippen LogP contribution >= 0.6 is 17.0 Å². The number of hydrogen-bond donors (Lipinski definition) is 2. The number of nitrogens with zero attached hydrogens (tertiary/aromatic N) is 1. The zero-order chi connectivity index (χ0) is 18.7. The maximum absolute atomic E-state index is 12.5. The van der Waals surface area contributed by atoms with Crippen LogP contribution in [-0.2, 0) is 6.54 Å². The minimum Gasteiger partial charge on any atom is -0.493 e. The molecule has 142 valence electrons. The van der Waals surface area contributed by atoms with Crippen molar-refractivity contribution in [3.05, 3.63) is 64.7 Å². The summed E-state index contributed by atoms with van der Waals surface area (Å²) in [4.78, 5) is 26.3. The van der Waals surface area contributed by atoms with E-state index >= 15 is 0 Å². The SMILES string of the molecule is Br.CCOc1cc2c(cc1C(=O)NC)C(=N)N(CC(=O)c1ccccc1)C2. The molecule has 2 aromatic rings. The number of carbonyl (C=O) groups excluding carboxylic acids is 2. The molecule has 2 N–H and O–H groups in total. The van der Waals surface area contributed by atoms with E-state index in [1.807, 2.05) is 25.1 Å². The highest BCUT2D eigenvalue weighted by Crippen LogP contribution is 2.30. The van der Waals surface area contributed by atoms with Gasteiger partial charge in [-0.15, -0.1) is 17.0 Å². The first-order valence-corrected chi connectivity index (χ1v) is 8.49. The molecule has 3 rings (SSSR count). The maximum atomic E-state index is 12.5. The maximum Gasteiger partial charge on any atom is 0.254 e. The molecular weight excluding hydrogens is 410 g/mol. The zero-order valence-corrected chi connectivity index (χ0v) is 17.0. The Morgan fingerprint density at radius 3 is 2.56 bits per heavy atom. The lowest BCUT2D eigenvalue weighted by atomic mass is 10.0. The smallest absolute Gasteiger partial charge is 0.254 e. The van der Waals surface area contributed by atoms with Crippen molar-refractivity contribution in [2.75, 3.05) is 20.2 Å². The van der Waals surface area contributed by atoms with Crippen LogP contribution in [0.2, 0.25) is 0 Å². The van der Waals surface area contributed by atoms with Crippen molar-refractivity contribution in [2.24, 2.45) is 0 Å². The number of ketones is 1. The molecule has 0 saturated heterocycles. The van der Waals surface area contributed by atoms with Crippen molar-refractivity contribution in [3.63, 3.8) is 0 Å². The van der Waals surface area contributed by atoms with Gasteiger partial charge in [0.05, 0.1) is 18.7 Å². The molecule has 0 saturated carbocycles. The van der Waals surface area contributed by atoms with Crippen molar-refractivity contribution in [1.29, 1.82) is 5.41 Å². The van der Waals surface area contributed by atoms with Crippen molar-refractivity contribution >= 4 is 34.5 Å². The Morgan fingerprint density at radius 1 is 1.22 bits per heavy atom. The topological polar surface area (TPSA) is 82.5 Å². The summed E-state index contributed by atoms with van der Waals surface area (Å²) < 4.78 is 5.59. The fourth-order valence-electron chi connectivity index (χ4n) is 3.04. The summed E-state index contributed by atoms with van der Waals surface area (Å²) in [5.41, 5.74) is 2.56. The summed E-state index contributed by atoms with van der Waals surface area (Å²) in [5.74, 6) is 0.440. The number of Topliss-reactive ketones (excluding diaryl/α,β-unsaturated/α-hetero) is 1. The van der Waals surface area contributed by atoms with E-state index in [4.69, 9.17) is 10.1 Å². The van der Waals surface area contributed by atoms with Gasteiger partial charge in [0.25, 0.3) is 5.91 Å². The molecular formula is C20H22BrN3O3. The highest BCUT2D eigenvalue weighted by atomic mass is 79.9. The van der Waals surface area contributed by atoms with Gasteiger partial charge in [-0.2, -0.15) is 0 Å². The molecule has 0 aromatic heterocycles.